The van der Waals surface area contributed by atoms with Gasteiger partial charge in [0.25, 0.3) is 11.6 Å². The number of halogens is 1. The first kappa shape index (κ1) is 12.1. The fraction of sp³-hybridized carbons (Fsp3) is 0. The molecule has 1 aromatic carbocycles. The zero-order valence-corrected chi connectivity index (χ0v) is 9.52. The molecule has 0 aromatic heterocycles. The standard InChI is InChI=1S/C10H6ClN3O4/c11-7-4-6(14(17)18)2-1-5(7)3-8-9(15)13-10(16)12-8/h1-4H,(H2,12,13,15,16)/b8-3+. The van der Waals surface area contributed by atoms with Gasteiger partial charge in [0, 0.05) is 12.1 Å². The summed E-state index contributed by atoms with van der Waals surface area (Å²) in [5.41, 5.74) is 0.285. The molecule has 1 aromatic rings. The van der Waals surface area contributed by atoms with Crippen molar-refractivity contribution in [2.45, 2.75) is 0 Å². The van der Waals surface area contributed by atoms with Crippen molar-refractivity contribution in [2.24, 2.45) is 0 Å². The van der Waals surface area contributed by atoms with Crippen molar-refractivity contribution < 1.29 is 14.5 Å². The van der Waals surface area contributed by atoms with Gasteiger partial charge < -0.3 is 5.32 Å². The zero-order chi connectivity index (χ0) is 13.3. The molecule has 0 atom stereocenters. The number of nitro groups is 1. The van der Waals surface area contributed by atoms with Crippen molar-refractivity contribution in [1.82, 2.24) is 10.6 Å². The summed E-state index contributed by atoms with van der Waals surface area (Å²) >= 11 is 5.84. The minimum Gasteiger partial charge on any atom is -0.303 e. The van der Waals surface area contributed by atoms with Crippen LogP contribution in [0.1, 0.15) is 5.56 Å². The summed E-state index contributed by atoms with van der Waals surface area (Å²) in [7, 11) is 0. The van der Waals surface area contributed by atoms with E-state index >= 15 is 0 Å². The summed E-state index contributed by atoms with van der Waals surface area (Å²) < 4.78 is 0. The van der Waals surface area contributed by atoms with E-state index in [-0.39, 0.29) is 16.4 Å². The monoisotopic (exact) mass is 267 g/mol. The fourth-order valence-electron chi connectivity index (χ4n) is 1.38. The number of hydrogen-bond acceptors (Lipinski definition) is 4. The summed E-state index contributed by atoms with van der Waals surface area (Å²) in [6, 6.07) is 3.20. The fourth-order valence-corrected chi connectivity index (χ4v) is 1.61. The van der Waals surface area contributed by atoms with E-state index in [9.17, 15) is 19.7 Å². The van der Waals surface area contributed by atoms with Gasteiger partial charge in [0.05, 0.1) is 9.95 Å². The third-order valence-corrected chi connectivity index (χ3v) is 2.54. The number of rotatable bonds is 2. The average molecular weight is 268 g/mol. The largest absolute Gasteiger partial charge is 0.326 e. The Hall–Kier alpha value is -2.41. The third kappa shape index (κ3) is 2.30. The summed E-state index contributed by atoms with van der Waals surface area (Å²) in [6.45, 7) is 0. The van der Waals surface area contributed by atoms with Crippen LogP contribution >= 0.6 is 11.6 Å². The lowest BCUT2D eigenvalue weighted by atomic mass is 10.1. The molecule has 92 valence electrons. The molecule has 2 N–H and O–H groups in total. The molecule has 2 rings (SSSR count). The van der Waals surface area contributed by atoms with Crippen LogP contribution in [-0.2, 0) is 4.79 Å². The molecule has 1 aliphatic heterocycles. The molecule has 0 aliphatic carbocycles. The van der Waals surface area contributed by atoms with Gasteiger partial charge in [-0.2, -0.15) is 0 Å². The predicted molar refractivity (Wildman–Crippen MR) is 62.8 cm³/mol. The maximum atomic E-state index is 11.3. The van der Waals surface area contributed by atoms with Gasteiger partial charge in [-0.05, 0) is 17.7 Å². The van der Waals surface area contributed by atoms with Crippen LogP contribution in [0, 0.1) is 10.1 Å². The van der Waals surface area contributed by atoms with Gasteiger partial charge in [0.1, 0.15) is 5.70 Å². The Balaban J connectivity index is 2.35. The second-order valence-corrected chi connectivity index (χ2v) is 3.84. The van der Waals surface area contributed by atoms with Crippen molar-refractivity contribution >= 4 is 35.3 Å². The zero-order valence-electron chi connectivity index (χ0n) is 8.77. The molecule has 8 heteroatoms. The Labute approximate surface area is 106 Å². The Morgan fingerprint density at radius 2 is 2.00 bits per heavy atom. The van der Waals surface area contributed by atoms with Crippen molar-refractivity contribution in [1.29, 1.82) is 0 Å². The van der Waals surface area contributed by atoms with Crippen LogP contribution in [0.4, 0.5) is 10.5 Å². The lowest BCUT2D eigenvalue weighted by Gasteiger charge is -1.99. The van der Waals surface area contributed by atoms with Crippen molar-refractivity contribution in [3.05, 3.63) is 44.6 Å². The molecule has 18 heavy (non-hydrogen) atoms. The van der Waals surface area contributed by atoms with Gasteiger partial charge in [0.2, 0.25) is 0 Å². The molecule has 1 heterocycles. The van der Waals surface area contributed by atoms with Crippen molar-refractivity contribution in [3.8, 4) is 0 Å². The molecular formula is C10H6ClN3O4. The number of imide groups is 1. The van der Waals surface area contributed by atoms with Crippen LogP contribution in [0.2, 0.25) is 5.02 Å². The number of carbonyl (C=O) groups is 2. The molecule has 1 aliphatic rings. The first-order valence-electron chi connectivity index (χ1n) is 4.75. The van der Waals surface area contributed by atoms with Crippen LogP contribution in [0.15, 0.2) is 23.9 Å². The Morgan fingerprint density at radius 3 is 2.50 bits per heavy atom. The van der Waals surface area contributed by atoms with Gasteiger partial charge >= 0.3 is 6.03 Å². The second-order valence-electron chi connectivity index (χ2n) is 3.43. The number of hydrogen-bond donors (Lipinski definition) is 2. The Morgan fingerprint density at radius 1 is 1.28 bits per heavy atom. The van der Waals surface area contributed by atoms with E-state index in [0.29, 0.717) is 5.56 Å². The number of carbonyl (C=O) groups excluding carboxylic acids is 2. The second kappa shape index (κ2) is 4.46. The molecule has 0 unspecified atom stereocenters. The minimum absolute atomic E-state index is 0.0377. The summed E-state index contributed by atoms with van der Waals surface area (Å²) in [5.74, 6) is -0.575. The molecule has 0 bridgehead atoms. The maximum Gasteiger partial charge on any atom is 0.326 e. The highest BCUT2D eigenvalue weighted by molar-refractivity contribution is 6.32. The normalized spacial score (nSPS) is 16.6. The van der Waals surface area contributed by atoms with E-state index in [0.717, 1.165) is 0 Å². The highest BCUT2D eigenvalue weighted by Crippen LogP contribution is 2.24. The summed E-state index contributed by atoms with van der Waals surface area (Å²) in [6.07, 6.45) is 1.34. The molecule has 0 radical (unpaired) electrons. The predicted octanol–water partition coefficient (Wildman–Crippen LogP) is 1.43. The van der Waals surface area contributed by atoms with Crippen LogP contribution in [0.3, 0.4) is 0 Å². The highest BCUT2D eigenvalue weighted by Gasteiger charge is 2.23. The highest BCUT2D eigenvalue weighted by atomic mass is 35.5. The maximum absolute atomic E-state index is 11.3. The molecule has 1 fully saturated rings. The first-order valence-corrected chi connectivity index (χ1v) is 5.13. The lowest BCUT2D eigenvalue weighted by molar-refractivity contribution is -0.384. The van der Waals surface area contributed by atoms with E-state index in [1.54, 1.807) is 0 Å². The van der Waals surface area contributed by atoms with E-state index in [2.05, 4.69) is 5.32 Å². The van der Waals surface area contributed by atoms with Gasteiger partial charge in [0.15, 0.2) is 0 Å². The van der Waals surface area contributed by atoms with E-state index in [1.807, 2.05) is 5.32 Å². The summed E-state index contributed by atoms with van der Waals surface area (Å²) in [4.78, 5) is 32.1. The lowest BCUT2D eigenvalue weighted by Crippen LogP contribution is -2.22. The topological polar surface area (TPSA) is 101 Å². The molecular weight excluding hydrogens is 262 g/mol. The van der Waals surface area contributed by atoms with Gasteiger partial charge in [-0.3, -0.25) is 20.2 Å². The molecule has 0 saturated carbocycles. The number of amides is 3. The third-order valence-electron chi connectivity index (χ3n) is 2.21. The van der Waals surface area contributed by atoms with Crippen molar-refractivity contribution in [3.63, 3.8) is 0 Å². The van der Waals surface area contributed by atoms with Gasteiger partial charge in [-0.15, -0.1) is 0 Å². The SMILES string of the molecule is O=C1NC(=O)/C(=C\c2ccc([N+](=O)[O-])cc2Cl)N1. The molecule has 3 amide bonds. The number of nitro benzene ring substituents is 1. The Bertz CT molecular complexity index is 597. The Kier molecular flexibility index (Phi) is 2.99. The quantitative estimate of drug-likeness (QED) is 0.366. The molecule has 1 saturated heterocycles. The minimum atomic E-state index is -0.621. The number of benzene rings is 1. The molecule has 0 spiro atoms. The van der Waals surface area contributed by atoms with Crippen molar-refractivity contribution in [2.75, 3.05) is 0 Å². The van der Waals surface area contributed by atoms with Gasteiger partial charge in [-0.1, -0.05) is 11.6 Å². The average Bonchev–Trinajstić information content (AvgIpc) is 2.60. The van der Waals surface area contributed by atoms with Gasteiger partial charge in [-0.25, -0.2) is 4.79 Å². The van der Waals surface area contributed by atoms with E-state index < -0.39 is 16.9 Å². The number of nitrogens with zero attached hydrogens (tertiary/aromatic N) is 1. The summed E-state index contributed by atoms with van der Waals surface area (Å²) in [5, 5.41) is 14.9. The van der Waals surface area contributed by atoms with E-state index in [4.69, 9.17) is 11.6 Å². The first-order chi connectivity index (χ1) is 8.47. The molecule has 7 nitrogen and oxygen atoms in total. The van der Waals surface area contributed by atoms with Crippen LogP contribution < -0.4 is 10.6 Å². The smallest absolute Gasteiger partial charge is 0.303 e. The van der Waals surface area contributed by atoms with Crippen LogP contribution in [0.25, 0.3) is 6.08 Å². The number of non-ortho nitro benzene ring substituents is 1. The number of urea groups is 1. The van der Waals surface area contributed by atoms with Crippen LogP contribution in [-0.4, -0.2) is 16.9 Å². The van der Waals surface area contributed by atoms with E-state index in [1.165, 1.54) is 24.3 Å². The van der Waals surface area contributed by atoms with Crippen LogP contribution in [0.5, 0.6) is 0 Å². The number of nitrogens with one attached hydrogen (secondary N) is 2.